The molecule has 1 saturated heterocycles. The lowest BCUT2D eigenvalue weighted by Gasteiger charge is -2.37. The first-order valence-corrected chi connectivity index (χ1v) is 5.78. The number of anilines is 1. The van der Waals surface area contributed by atoms with Crippen molar-refractivity contribution in [2.45, 2.75) is 26.7 Å². The molecule has 2 rings (SSSR count). The topological polar surface area (TPSA) is 66.3 Å². The van der Waals surface area contributed by atoms with Gasteiger partial charge in [-0.05, 0) is 18.3 Å². The van der Waals surface area contributed by atoms with Crippen molar-refractivity contribution in [1.29, 1.82) is 0 Å². The zero-order chi connectivity index (χ0) is 12.5. The summed E-state index contributed by atoms with van der Waals surface area (Å²) in [6.07, 6.45) is 5.10. The van der Waals surface area contributed by atoms with Crippen LogP contribution in [0.5, 0.6) is 0 Å². The second-order valence-electron chi connectivity index (χ2n) is 5.22. The number of carboxylic acid groups (broad SMARTS) is 1. The lowest BCUT2D eigenvalue weighted by molar-refractivity contribution is 0.0690. The largest absolute Gasteiger partial charge is 0.476 e. The molecule has 1 N–H and O–H groups in total. The highest BCUT2D eigenvalue weighted by molar-refractivity contribution is 5.84. The maximum Gasteiger partial charge on any atom is 0.356 e. The first-order valence-electron chi connectivity index (χ1n) is 5.78. The normalized spacial score (nSPS) is 19.1. The summed E-state index contributed by atoms with van der Waals surface area (Å²) in [5, 5.41) is 8.74. The van der Waals surface area contributed by atoms with E-state index in [4.69, 9.17) is 5.11 Å². The molecule has 0 bridgehead atoms. The molecule has 0 aromatic carbocycles. The van der Waals surface area contributed by atoms with Crippen molar-refractivity contribution >= 4 is 11.8 Å². The maximum absolute atomic E-state index is 10.7. The molecule has 0 atom stereocenters. The van der Waals surface area contributed by atoms with E-state index in [1.165, 1.54) is 6.20 Å². The number of aromatic nitrogens is 2. The Labute approximate surface area is 100 Å². The lowest BCUT2D eigenvalue weighted by Crippen LogP contribution is -2.37. The standard InChI is InChI=1S/C12H17N3O2/c1-12(2)3-5-15(6-4-12)10-8-13-9(7-14-10)11(16)17/h7-8H,3-6H2,1-2H3,(H,16,17). The fourth-order valence-electron chi connectivity index (χ4n) is 1.94. The third kappa shape index (κ3) is 2.72. The molecule has 1 aromatic heterocycles. The van der Waals surface area contributed by atoms with Gasteiger partial charge >= 0.3 is 5.97 Å². The molecule has 1 aromatic rings. The van der Waals surface area contributed by atoms with E-state index in [9.17, 15) is 4.79 Å². The molecule has 1 fully saturated rings. The summed E-state index contributed by atoms with van der Waals surface area (Å²) in [6, 6.07) is 0. The van der Waals surface area contributed by atoms with Crippen LogP contribution in [0.3, 0.4) is 0 Å². The molecule has 0 spiro atoms. The van der Waals surface area contributed by atoms with E-state index >= 15 is 0 Å². The summed E-state index contributed by atoms with van der Waals surface area (Å²) in [4.78, 5) is 20.9. The van der Waals surface area contributed by atoms with Crippen LogP contribution in [0.2, 0.25) is 0 Å². The summed E-state index contributed by atoms with van der Waals surface area (Å²) < 4.78 is 0. The third-order valence-electron chi connectivity index (χ3n) is 3.30. The Morgan fingerprint density at radius 1 is 1.29 bits per heavy atom. The molecular formula is C12H17N3O2. The minimum Gasteiger partial charge on any atom is -0.476 e. The summed E-state index contributed by atoms with van der Waals surface area (Å²) in [7, 11) is 0. The molecule has 1 aliphatic rings. The maximum atomic E-state index is 10.7. The van der Waals surface area contributed by atoms with Crippen LogP contribution in [0.15, 0.2) is 12.4 Å². The van der Waals surface area contributed by atoms with Gasteiger partial charge in [0.15, 0.2) is 5.69 Å². The smallest absolute Gasteiger partial charge is 0.356 e. The van der Waals surface area contributed by atoms with E-state index in [2.05, 4.69) is 28.7 Å². The van der Waals surface area contributed by atoms with Gasteiger partial charge in [-0.15, -0.1) is 0 Å². The second kappa shape index (κ2) is 4.31. The molecule has 0 unspecified atom stereocenters. The summed E-state index contributed by atoms with van der Waals surface area (Å²) in [5.74, 6) is -0.269. The number of piperidine rings is 1. The third-order valence-corrected chi connectivity index (χ3v) is 3.30. The number of nitrogens with zero attached hydrogens (tertiary/aromatic N) is 3. The van der Waals surface area contributed by atoms with Crippen molar-refractivity contribution in [3.05, 3.63) is 18.1 Å². The zero-order valence-corrected chi connectivity index (χ0v) is 10.2. The van der Waals surface area contributed by atoms with Gasteiger partial charge in [0.1, 0.15) is 5.82 Å². The van der Waals surface area contributed by atoms with Gasteiger partial charge in [-0.25, -0.2) is 14.8 Å². The molecule has 0 amide bonds. The fourth-order valence-corrected chi connectivity index (χ4v) is 1.94. The molecule has 5 heteroatoms. The number of carbonyl (C=O) groups is 1. The van der Waals surface area contributed by atoms with E-state index < -0.39 is 5.97 Å². The Hall–Kier alpha value is -1.65. The van der Waals surface area contributed by atoms with Gasteiger partial charge in [-0.3, -0.25) is 0 Å². The van der Waals surface area contributed by atoms with E-state index in [0.29, 0.717) is 5.41 Å². The van der Waals surface area contributed by atoms with Crippen molar-refractivity contribution in [2.24, 2.45) is 5.41 Å². The SMILES string of the molecule is CC1(C)CCN(c2cnc(C(=O)O)cn2)CC1. The molecule has 0 aliphatic carbocycles. The van der Waals surface area contributed by atoms with Crippen molar-refractivity contribution in [2.75, 3.05) is 18.0 Å². The molecule has 92 valence electrons. The van der Waals surface area contributed by atoms with Gasteiger partial charge in [0.2, 0.25) is 0 Å². The van der Waals surface area contributed by atoms with Crippen molar-refractivity contribution in [1.82, 2.24) is 9.97 Å². The number of hydrogen-bond acceptors (Lipinski definition) is 4. The van der Waals surface area contributed by atoms with Crippen LogP contribution in [0, 0.1) is 5.41 Å². The number of rotatable bonds is 2. The highest BCUT2D eigenvalue weighted by Gasteiger charge is 2.26. The Kier molecular flexibility index (Phi) is 3.00. The Morgan fingerprint density at radius 3 is 2.41 bits per heavy atom. The first-order chi connectivity index (χ1) is 7.98. The van der Waals surface area contributed by atoms with Crippen LogP contribution >= 0.6 is 0 Å². The monoisotopic (exact) mass is 235 g/mol. The Bertz CT molecular complexity index is 404. The van der Waals surface area contributed by atoms with Crippen LogP contribution in [0.4, 0.5) is 5.82 Å². The van der Waals surface area contributed by atoms with Crippen molar-refractivity contribution in [3.8, 4) is 0 Å². The number of aromatic carboxylic acids is 1. The van der Waals surface area contributed by atoms with Crippen molar-refractivity contribution < 1.29 is 9.90 Å². The van der Waals surface area contributed by atoms with Crippen LogP contribution in [0.25, 0.3) is 0 Å². The van der Waals surface area contributed by atoms with Crippen LogP contribution in [0.1, 0.15) is 37.2 Å². The quantitative estimate of drug-likeness (QED) is 0.846. The number of hydrogen-bond donors (Lipinski definition) is 1. The van der Waals surface area contributed by atoms with Gasteiger partial charge in [-0.2, -0.15) is 0 Å². The van der Waals surface area contributed by atoms with Crippen LogP contribution in [-0.2, 0) is 0 Å². The van der Waals surface area contributed by atoms with Gasteiger partial charge in [0.05, 0.1) is 12.4 Å². The average molecular weight is 235 g/mol. The number of carboxylic acids is 1. The minimum atomic E-state index is -1.04. The summed E-state index contributed by atoms with van der Waals surface area (Å²) in [6.45, 7) is 6.44. The minimum absolute atomic E-state index is 0.00825. The Balaban J connectivity index is 2.06. The first kappa shape index (κ1) is 11.8. The second-order valence-corrected chi connectivity index (χ2v) is 5.22. The average Bonchev–Trinajstić information content (AvgIpc) is 2.29. The van der Waals surface area contributed by atoms with Gasteiger partial charge in [-0.1, -0.05) is 13.8 Å². The predicted molar refractivity (Wildman–Crippen MR) is 64.2 cm³/mol. The van der Waals surface area contributed by atoms with Gasteiger partial charge < -0.3 is 10.0 Å². The molecule has 5 nitrogen and oxygen atoms in total. The van der Waals surface area contributed by atoms with E-state index in [1.807, 2.05) is 0 Å². The molecule has 2 heterocycles. The molecular weight excluding hydrogens is 218 g/mol. The zero-order valence-electron chi connectivity index (χ0n) is 10.2. The molecule has 1 aliphatic heterocycles. The Morgan fingerprint density at radius 2 is 1.94 bits per heavy atom. The highest BCUT2D eigenvalue weighted by Crippen LogP contribution is 2.31. The van der Waals surface area contributed by atoms with Crippen LogP contribution < -0.4 is 4.90 Å². The van der Waals surface area contributed by atoms with Crippen molar-refractivity contribution in [3.63, 3.8) is 0 Å². The fraction of sp³-hybridized carbons (Fsp3) is 0.583. The summed E-state index contributed by atoms with van der Waals surface area (Å²) >= 11 is 0. The molecule has 17 heavy (non-hydrogen) atoms. The van der Waals surface area contributed by atoms with E-state index in [-0.39, 0.29) is 5.69 Å². The van der Waals surface area contributed by atoms with E-state index in [1.54, 1.807) is 6.20 Å². The lowest BCUT2D eigenvalue weighted by atomic mass is 9.83. The molecule has 0 saturated carbocycles. The van der Waals surface area contributed by atoms with Crippen LogP contribution in [-0.4, -0.2) is 34.1 Å². The van der Waals surface area contributed by atoms with Gasteiger partial charge in [0.25, 0.3) is 0 Å². The highest BCUT2D eigenvalue weighted by atomic mass is 16.4. The summed E-state index contributed by atoms with van der Waals surface area (Å²) in [5.41, 5.74) is 0.386. The molecule has 0 radical (unpaired) electrons. The van der Waals surface area contributed by atoms with E-state index in [0.717, 1.165) is 31.7 Å². The predicted octanol–water partition coefficient (Wildman–Crippen LogP) is 1.80. The van der Waals surface area contributed by atoms with Gasteiger partial charge in [0, 0.05) is 13.1 Å².